The van der Waals surface area contributed by atoms with Crippen LogP contribution in [0.15, 0.2) is 29.4 Å². The van der Waals surface area contributed by atoms with E-state index in [4.69, 9.17) is 24.5 Å². The monoisotopic (exact) mass is 434 g/mol. The van der Waals surface area contributed by atoms with Gasteiger partial charge in [0.15, 0.2) is 30.6 Å². The Morgan fingerprint density at radius 3 is 1.97 bits per heavy atom. The fourth-order valence-electron chi connectivity index (χ4n) is 2.99. The highest BCUT2D eigenvalue weighted by Crippen LogP contribution is 2.30. The molecular formula is C19H22N4O8. The van der Waals surface area contributed by atoms with Crippen LogP contribution in [0.5, 0.6) is 0 Å². The van der Waals surface area contributed by atoms with Crippen molar-refractivity contribution in [2.45, 2.75) is 58.3 Å². The van der Waals surface area contributed by atoms with Crippen molar-refractivity contribution in [3.8, 4) is 0 Å². The topological polar surface area (TPSA) is 166 Å². The first kappa shape index (κ1) is 23.6. The Hall–Kier alpha value is -3.63. The van der Waals surface area contributed by atoms with Gasteiger partial charge in [0.05, 0.1) is 0 Å². The van der Waals surface area contributed by atoms with E-state index in [0.717, 1.165) is 26.3 Å². The minimum atomic E-state index is -1.54. The lowest BCUT2D eigenvalue weighted by Gasteiger charge is -2.42. The molecule has 0 saturated carbocycles. The number of azide groups is 1. The number of ether oxygens (including phenoxy) is 4. The van der Waals surface area contributed by atoms with Crippen LogP contribution in [0.4, 0.5) is 5.69 Å². The molecule has 1 aromatic carbocycles. The van der Waals surface area contributed by atoms with E-state index in [-0.39, 0.29) is 0 Å². The molecule has 1 aliphatic heterocycles. The van der Waals surface area contributed by atoms with Crippen molar-refractivity contribution in [2.24, 2.45) is 5.11 Å². The number of esters is 3. The number of hydrogen-bond acceptors (Lipinski definition) is 9. The van der Waals surface area contributed by atoms with Crippen LogP contribution >= 0.6 is 0 Å². The molecule has 0 radical (unpaired) electrons. The maximum atomic E-state index is 12.9. The second-order valence-corrected chi connectivity index (χ2v) is 6.73. The highest BCUT2D eigenvalue weighted by Gasteiger charge is 2.54. The molecule has 1 amide bonds. The zero-order valence-corrected chi connectivity index (χ0v) is 17.3. The molecule has 1 aromatic rings. The van der Waals surface area contributed by atoms with Gasteiger partial charge < -0.3 is 24.3 Å². The molecule has 1 N–H and O–H groups in total. The Morgan fingerprint density at radius 1 is 0.935 bits per heavy atom. The summed E-state index contributed by atoms with van der Waals surface area (Å²) in [5.41, 5.74) is 10.3. The molecule has 2 rings (SSSR count). The highest BCUT2D eigenvalue weighted by atomic mass is 16.7. The van der Waals surface area contributed by atoms with Gasteiger partial charge in [-0.2, -0.15) is 0 Å². The molecule has 5 atom stereocenters. The number of rotatable bonds is 6. The number of amides is 1. The Bertz CT molecular complexity index is 897. The normalized spacial score (nSPS) is 24.8. The van der Waals surface area contributed by atoms with E-state index in [0.29, 0.717) is 5.69 Å². The summed E-state index contributed by atoms with van der Waals surface area (Å²) >= 11 is 0. The molecule has 1 heterocycles. The van der Waals surface area contributed by atoms with Crippen molar-refractivity contribution in [3.63, 3.8) is 0 Å². The quantitative estimate of drug-likeness (QED) is 0.232. The highest BCUT2D eigenvalue weighted by molar-refractivity contribution is 5.95. The number of carbonyl (C=O) groups is 4. The zero-order valence-electron chi connectivity index (χ0n) is 17.3. The molecule has 0 bridgehead atoms. The van der Waals surface area contributed by atoms with Crippen molar-refractivity contribution in [1.29, 1.82) is 0 Å². The van der Waals surface area contributed by atoms with Gasteiger partial charge in [-0.3, -0.25) is 19.2 Å². The number of carbonyl (C=O) groups excluding carboxylic acids is 4. The third-order valence-electron chi connectivity index (χ3n) is 4.16. The minimum absolute atomic E-state index is 0.423. The van der Waals surface area contributed by atoms with Crippen molar-refractivity contribution < 1.29 is 38.1 Å². The summed E-state index contributed by atoms with van der Waals surface area (Å²) in [6.45, 7) is 5.11. The average Bonchev–Trinajstić information content (AvgIpc) is 2.67. The van der Waals surface area contributed by atoms with E-state index in [2.05, 4.69) is 15.3 Å². The molecule has 166 valence electrons. The summed E-state index contributed by atoms with van der Waals surface area (Å²) < 4.78 is 21.1. The predicted molar refractivity (Wildman–Crippen MR) is 104 cm³/mol. The number of benzene rings is 1. The van der Waals surface area contributed by atoms with Crippen LogP contribution in [0.3, 0.4) is 0 Å². The lowest BCUT2D eigenvalue weighted by molar-refractivity contribution is -0.241. The first-order valence-electron chi connectivity index (χ1n) is 9.21. The first-order valence-corrected chi connectivity index (χ1v) is 9.21. The van der Waals surface area contributed by atoms with Crippen LogP contribution in [0.25, 0.3) is 10.4 Å². The van der Waals surface area contributed by atoms with Crippen LogP contribution < -0.4 is 5.32 Å². The second-order valence-electron chi connectivity index (χ2n) is 6.73. The van der Waals surface area contributed by atoms with Gasteiger partial charge in [0, 0.05) is 31.4 Å². The van der Waals surface area contributed by atoms with Gasteiger partial charge in [-0.25, -0.2) is 0 Å². The molecule has 0 aromatic heterocycles. The molecule has 1 saturated heterocycles. The van der Waals surface area contributed by atoms with Crippen LogP contribution in [0.2, 0.25) is 0 Å². The maximum absolute atomic E-state index is 12.9. The predicted octanol–water partition coefficient (Wildman–Crippen LogP) is 1.76. The number of anilines is 1. The molecule has 1 aliphatic rings. The second kappa shape index (κ2) is 10.4. The van der Waals surface area contributed by atoms with Crippen molar-refractivity contribution in [1.82, 2.24) is 0 Å². The van der Waals surface area contributed by atoms with Gasteiger partial charge in [-0.1, -0.05) is 22.8 Å². The molecule has 31 heavy (non-hydrogen) atoms. The summed E-state index contributed by atoms with van der Waals surface area (Å²) in [7, 11) is 0. The summed E-state index contributed by atoms with van der Waals surface area (Å²) in [5.74, 6) is -3.17. The van der Waals surface area contributed by atoms with E-state index in [1.807, 2.05) is 6.92 Å². The molecule has 12 heteroatoms. The van der Waals surface area contributed by atoms with Gasteiger partial charge in [0.25, 0.3) is 5.91 Å². The smallest absolute Gasteiger partial charge is 0.303 e. The third-order valence-corrected chi connectivity index (χ3v) is 4.16. The van der Waals surface area contributed by atoms with Gasteiger partial charge in [-0.15, -0.1) is 0 Å². The summed E-state index contributed by atoms with van der Waals surface area (Å²) in [5, 5.41) is 6.01. The van der Waals surface area contributed by atoms with E-state index in [9.17, 15) is 19.2 Å². The van der Waals surface area contributed by atoms with Crippen LogP contribution in [-0.2, 0) is 38.1 Å². The lowest BCUT2D eigenvalue weighted by Crippen LogP contribution is -2.63. The number of hydrogen-bond donors (Lipinski definition) is 1. The zero-order chi connectivity index (χ0) is 23.1. The van der Waals surface area contributed by atoms with Crippen LogP contribution in [0, 0.1) is 6.92 Å². The van der Waals surface area contributed by atoms with E-state index >= 15 is 0 Å². The summed E-state index contributed by atoms with van der Waals surface area (Å²) in [6.07, 6.45) is -7.48. The third kappa shape index (κ3) is 6.43. The van der Waals surface area contributed by atoms with Crippen molar-refractivity contribution >= 4 is 29.5 Å². The molecule has 0 unspecified atom stereocenters. The average molecular weight is 434 g/mol. The molecule has 0 spiro atoms. The number of nitrogens with one attached hydrogen (secondary N) is 1. The lowest BCUT2D eigenvalue weighted by atomic mass is 9.96. The molecule has 12 nitrogen and oxygen atoms in total. The minimum Gasteiger partial charge on any atom is -0.455 e. The van der Waals surface area contributed by atoms with Gasteiger partial charge in [0.1, 0.15) is 0 Å². The molecular weight excluding hydrogens is 412 g/mol. The Kier molecular flexibility index (Phi) is 7.94. The fraction of sp³-hybridized carbons (Fsp3) is 0.474. The Labute approximate surface area is 177 Å². The van der Waals surface area contributed by atoms with Gasteiger partial charge in [0.2, 0.25) is 0 Å². The van der Waals surface area contributed by atoms with Gasteiger partial charge >= 0.3 is 17.9 Å². The largest absolute Gasteiger partial charge is 0.455 e. The molecule has 1 fully saturated rings. The van der Waals surface area contributed by atoms with E-state index in [1.54, 1.807) is 24.3 Å². The van der Waals surface area contributed by atoms with Gasteiger partial charge in [-0.05, 0) is 24.6 Å². The van der Waals surface area contributed by atoms with E-state index < -0.39 is 54.5 Å². The first-order chi connectivity index (χ1) is 14.6. The number of aryl methyl sites for hydroxylation is 1. The summed E-state index contributed by atoms with van der Waals surface area (Å²) in [4.78, 5) is 50.5. The molecule has 0 aliphatic carbocycles. The SMILES string of the molecule is CC(=O)O[C@@H]1[C@@H](OC(C)=O)[C@@H](N=[N+]=[N-])O[C@H](C(=O)Nc2ccc(C)cc2)[C@H]1OC(C)=O. The standard InChI is InChI=1S/C19H22N4O8/c1-9-5-7-13(8-6-9)21-18(27)16-14(28-10(2)24)15(29-11(3)25)17(30-12(4)26)19(31-16)22-23-20/h5-8,14-17,19H,1-4H3,(H,21,27)/t14-,15-,16-,17+,19-/m0/s1. The van der Waals surface area contributed by atoms with E-state index in [1.165, 1.54) is 0 Å². The summed E-state index contributed by atoms with van der Waals surface area (Å²) in [6, 6.07) is 6.82. The Morgan fingerprint density at radius 2 is 1.45 bits per heavy atom. The number of nitrogens with zero attached hydrogens (tertiary/aromatic N) is 3. The van der Waals surface area contributed by atoms with Crippen LogP contribution in [-0.4, -0.2) is 54.5 Å². The van der Waals surface area contributed by atoms with Crippen molar-refractivity contribution in [3.05, 3.63) is 40.3 Å². The maximum Gasteiger partial charge on any atom is 0.303 e. The Balaban J connectivity index is 2.45. The van der Waals surface area contributed by atoms with Crippen molar-refractivity contribution in [2.75, 3.05) is 5.32 Å². The van der Waals surface area contributed by atoms with Crippen LogP contribution in [0.1, 0.15) is 26.3 Å². The fourth-order valence-corrected chi connectivity index (χ4v) is 2.99.